The van der Waals surface area contributed by atoms with Crippen LogP contribution in [0.5, 0.6) is 0 Å². The molecule has 0 saturated carbocycles. The third-order valence-corrected chi connectivity index (χ3v) is 6.87. The van der Waals surface area contributed by atoms with Gasteiger partial charge in [0.1, 0.15) is 6.54 Å². The summed E-state index contributed by atoms with van der Waals surface area (Å²) < 4.78 is 27.5. The molecule has 3 rings (SSSR count). The van der Waals surface area contributed by atoms with Gasteiger partial charge >= 0.3 is 0 Å². The van der Waals surface area contributed by atoms with E-state index in [-0.39, 0.29) is 31.9 Å². The van der Waals surface area contributed by atoms with E-state index in [2.05, 4.69) is 5.32 Å². The molecule has 0 unspecified atom stereocenters. The first-order valence-electron chi connectivity index (χ1n) is 8.92. The van der Waals surface area contributed by atoms with Gasteiger partial charge in [-0.1, -0.05) is 59.6 Å². The summed E-state index contributed by atoms with van der Waals surface area (Å²) in [6.45, 7) is -0.621. The number of hydrogen-bond donors (Lipinski definition) is 2. The van der Waals surface area contributed by atoms with Gasteiger partial charge in [0.15, 0.2) is 0 Å². The third kappa shape index (κ3) is 4.99. The number of rotatable bonds is 7. The minimum atomic E-state index is -4.17. The van der Waals surface area contributed by atoms with Crippen molar-refractivity contribution in [3.8, 4) is 0 Å². The molecule has 0 aromatic heterocycles. The molecule has 0 aliphatic rings. The van der Waals surface area contributed by atoms with E-state index in [0.717, 1.165) is 4.31 Å². The number of nitrogens with two attached hydrogens (primary N) is 1. The summed E-state index contributed by atoms with van der Waals surface area (Å²) in [6.07, 6.45) is 0. The fourth-order valence-electron chi connectivity index (χ4n) is 2.83. The first kappa shape index (κ1) is 22.6. The van der Waals surface area contributed by atoms with Gasteiger partial charge in [-0.2, -0.15) is 0 Å². The second kappa shape index (κ2) is 9.38. The molecule has 3 N–H and O–H groups in total. The lowest BCUT2D eigenvalue weighted by atomic mass is 10.1. The van der Waals surface area contributed by atoms with E-state index in [1.807, 2.05) is 0 Å². The Bertz CT molecular complexity index is 1230. The number of nitrogens with one attached hydrogen (secondary N) is 1. The molecular weight excluding hydrogens is 461 g/mol. The van der Waals surface area contributed by atoms with Gasteiger partial charge in [0.05, 0.1) is 31.9 Å². The number of nitrogens with zero attached hydrogens (tertiary/aromatic N) is 1. The lowest BCUT2D eigenvalue weighted by molar-refractivity contribution is -0.114. The number of amides is 2. The summed E-state index contributed by atoms with van der Waals surface area (Å²) in [4.78, 5) is 24.4. The number of sulfonamides is 1. The normalized spacial score (nSPS) is 11.0. The molecule has 160 valence electrons. The number of benzene rings is 3. The highest BCUT2D eigenvalue weighted by Gasteiger charge is 2.29. The van der Waals surface area contributed by atoms with Crippen LogP contribution in [0.15, 0.2) is 77.7 Å². The highest BCUT2D eigenvalue weighted by Crippen LogP contribution is 2.35. The van der Waals surface area contributed by atoms with Crippen LogP contribution in [0.1, 0.15) is 10.4 Å². The van der Waals surface area contributed by atoms with Gasteiger partial charge in [-0.25, -0.2) is 8.42 Å². The second-order valence-electron chi connectivity index (χ2n) is 6.36. The highest BCUT2D eigenvalue weighted by atomic mass is 35.5. The molecule has 0 atom stereocenters. The van der Waals surface area contributed by atoms with Gasteiger partial charge in [0.25, 0.3) is 15.9 Å². The number of primary amides is 1. The molecule has 0 spiro atoms. The van der Waals surface area contributed by atoms with E-state index < -0.39 is 28.4 Å². The SMILES string of the molecule is NC(=O)c1ccccc1NC(=O)CN(c1cccc(Cl)c1Cl)S(=O)(=O)c1ccccc1. The van der Waals surface area contributed by atoms with E-state index in [1.54, 1.807) is 30.3 Å². The largest absolute Gasteiger partial charge is 0.366 e. The van der Waals surface area contributed by atoms with Crippen molar-refractivity contribution >= 4 is 56.4 Å². The van der Waals surface area contributed by atoms with Crippen LogP contribution in [0.25, 0.3) is 0 Å². The molecule has 3 aromatic carbocycles. The van der Waals surface area contributed by atoms with Crippen molar-refractivity contribution < 1.29 is 18.0 Å². The van der Waals surface area contributed by atoms with Crippen molar-refractivity contribution in [2.75, 3.05) is 16.2 Å². The summed E-state index contributed by atoms with van der Waals surface area (Å²) in [5.41, 5.74) is 5.63. The van der Waals surface area contributed by atoms with Crippen molar-refractivity contribution in [3.05, 3.63) is 88.4 Å². The number of anilines is 2. The maximum Gasteiger partial charge on any atom is 0.264 e. The van der Waals surface area contributed by atoms with Gasteiger partial charge < -0.3 is 11.1 Å². The van der Waals surface area contributed by atoms with Crippen LogP contribution >= 0.6 is 23.2 Å². The predicted octanol–water partition coefficient (Wildman–Crippen LogP) is 3.93. The van der Waals surface area contributed by atoms with Gasteiger partial charge in [0.2, 0.25) is 5.91 Å². The second-order valence-corrected chi connectivity index (χ2v) is 9.00. The van der Waals surface area contributed by atoms with Crippen LogP contribution in [0.4, 0.5) is 11.4 Å². The number of carbonyl (C=O) groups excluding carboxylic acids is 2. The van der Waals surface area contributed by atoms with Crippen molar-refractivity contribution in [3.63, 3.8) is 0 Å². The van der Waals surface area contributed by atoms with Crippen LogP contribution in [0.3, 0.4) is 0 Å². The first-order chi connectivity index (χ1) is 14.7. The molecule has 0 bridgehead atoms. The lowest BCUT2D eigenvalue weighted by Crippen LogP contribution is -2.38. The van der Waals surface area contributed by atoms with E-state index in [0.29, 0.717) is 0 Å². The molecule has 10 heteroatoms. The Labute approximate surface area is 189 Å². The topological polar surface area (TPSA) is 110 Å². The Morgan fingerprint density at radius 2 is 1.55 bits per heavy atom. The van der Waals surface area contributed by atoms with E-state index in [9.17, 15) is 18.0 Å². The number of hydrogen-bond acceptors (Lipinski definition) is 4. The maximum atomic E-state index is 13.3. The van der Waals surface area contributed by atoms with Crippen LogP contribution in [0, 0.1) is 0 Å². The number of carbonyl (C=O) groups is 2. The van der Waals surface area contributed by atoms with Crippen molar-refractivity contribution in [1.29, 1.82) is 0 Å². The van der Waals surface area contributed by atoms with Gasteiger partial charge in [-0.3, -0.25) is 13.9 Å². The Morgan fingerprint density at radius 1 is 0.903 bits per heavy atom. The van der Waals surface area contributed by atoms with Crippen LogP contribution < -0.4 is 15.4 Å². The summed E-state index contributed by atoms with van der Waals surface area (Å²) in [5.74, 6) is -1.44. The Hall–Kier alpha value is -3.07. The molecule has 0 aliphatic heterocycles. The van der Waals surface area contributed by atoms with E-state index in [1.165, 1.54) is 42.5 Å². The molecule has 0 saturated heterocycles. The molecule has 31 heavy (non-hydrogen) atoms. The molecular formula is C21H17Cl2N3O4S. The first-order valence-corrected chi connectivity index (χ1v) is 11.1. The van der Waals surface area contributed by atoms with Crippen LogP contribution in [-0.4, -0.2) is 26.8 Å². The van der Waals surface area contributed by atoms with E-state index >= 15 is 0 Å². The summed E-state index contributed by atoms with van der Waals surface area (Å²) in [6, 6.07) is 18.2. The molecule has 7 nitrogen and oxygen atoms in total. The average molecular weight is 478 g/mol. The average Bonchev–Trinajstić information content (AvgIpc) is 2.75. The monoisotopic (exact) mass is 477 g/mol. The molecule has 0 heterocycles. The van der Waals surface area contributed by atoms with E-state index in [4.69, 9.17) is 28.9 Å². The van der Waals surface area contributed by atoms with Crippen molar-refractivity contribution in [1.82, 2.24) is 0 Å². The smallest absolute Gasteiger partial charge is 0.264 e. The van der Waals surface area contributed by atoms with Gasteiger partial charge in [0, 0.05) is 0 Å². The van der Waals surface area contributed by atoms with Crippen LogP contribution in [-0.2, 0) is 14.8 Å². The molecule has 3 aromatic rings. The Balaban J connectivity index is 2.01. The predicted molar refractivity (Wildman–Crippen MR) is 121 cm³/mol. The van der Waals surface area contributed by atoms with Crippen molar-refractivity contribution in [2.45, 2.75) is 4.90 Å². The quantitative estimate of drug-likeness (QED) is 0.536. The Morgan fingerprint density at radius 3 is 2.23 bits per heavy atom. The molecule has 0 radical (unpaired) electrons. The fourth-order valence-corrected chi connectivity index (χ4v) is 4.73. The summed E-state index contributed by atoms with van der Waals surface area (Å²) >= 11 is 12.3. The molecule has 0 aliphatic carbocycles. The maximum absolute atomic E-state index is 13.3. The fraction of sp³-hybridized carbons (Fsp3) is 0.0476. The van der Waals surface area contributed by atoms with Gasteiger partial charge in [-0.15, -0.1) is 0 Å². The van der Waals surface area contributed by atoms with Crippen LogP contribution in [0.2, 0.25) is 10.0 Å². The summed E-state index contributed by atoms with van der Waals surface area (Å²) in [5, 5.41) is 2.64. The zero-order valence-corrected chi connectivity index (χ0v) is 18.3. The standard InChI is InChI=1S/C21H17Cl2N3O4S/c22-16-10-6-12-18(20(16)23)26(31(29,30)14-7-2-1-3-8-14)13-19(27)25-17-11-5-4-9-15(17)21(24)28/h1-12H,13H2,(H2,24,28)(H,25,27). The highest BCUT2D eigenvalue weighted by molar-refractivity contribution is 7.92. The molecule has 2 amide bonds. The van der Waals surface area contributed by atoms with Crippen molar-refractivity contribution in [2.24, 2.45) is 5.73 Å². The lowest BCUT2D eigenvalue weighted by Gasteiger charge is -2.25. The Kier molecular flexibility index (Phi) is 6.84. The zero-order valence-electron chi connectivity index (χ0n) is 16.0. The van der Waals surface area contributed by atoms with Gasteiger partial charge in [-0.05, 0) is 36.4 Å². The third-order valence-electron chi connectivity index (χ3n) is 4.28. The minimum Gasteiger partial charge on any atom is -0.366 e. The summed E-state index contributed by atoms with van der Waals surface area (Å²) in [7, 11) is -4.17. The molecule has 0 fully saturated rings. The minimum absolute atomic E-state index is 0.0194. The zero-order chi connectivity index (χ0) is 22.6. The number of para-hydroxylation sites is 1. The number of halogens is 2.